The van der Waals surface area contributed by atoms with E-state index in [-0.39, 0.29) is 11.7 Å². The molecule has 0 bridgehead atoms. The Hall–Kier alpha value is -3.78. The molecule has 0 saturated heterocycles. The number of hydrogen-bond acceptors (Lipinski definition) is 5. The summed E-state index contributed by atoms with van der Waals surface area (Å²) in [4.78, 5) is 28.0. The normalized spacial score (nSPS) is 15.1. The highest BCUT2D eigenvalue weighted by molar-refractivity contribution is 8.13. The lowest BCUT2D eigenvalue weighted by atomic mass is 10.2. The van der Waals surface area contributed by atoms with Crippen LogP contribution in [0.3, 0.4) is 0 Å². The number of aromatic nitrogens is 3. The predicted octanol–water partition coefficient (Wildman–Crippen LogP) is 4.55. The number of imidazole rings is 1. The Labute approximate surface area is 181 Å². The van der Waals surface area contributed by atoms with Gasteiger partial charge in [0.05, 0.1) is 11.4 Å². The monoisotopic (exact) mass is 429 g/mol. The largest absolute Gasteiger partial charge is 0.291 e. The fourth-order valence-corrected chi connectivity index (χ4v) is 4.10. The maximum absolute atomic E-state index is 13.4. The number of amidine groups is 1. The number of nitrogens with zero attached hydrogens (tertiary/aromatic N) is 5. The number of anilines is 1. The SMILES string of the molecule is O=C1/C(=C\c2ccccc2)N=C(SCc2cn3cccnc3n2)N1c1ccc(F)cc1. The van der Waals surface area contributed by atoms with Gasteiger partial charge in [-0.05, 0) is 42.0 Å². The van der Waals surface area contributed by atoms with E-state index in [4.69, 9.17) is 0 Å². The van der Waals surface area contributed by atoms with Crippen molar-refractivity contribution in [2.24, 2.45) is 4.99 Å². The average molecular weight is 429 g/mol. The van der Waals surface area contributed by atoms with E-state index in [1.165, 1.54) is 28.8 Å². The number of benzene rings is 2. The fraction of sp³-hybridized carbons (Fsp3) is 0.0435. The Morgan fingerprint density at radius 2 is 1.84 bits per heavy atom. The third-order valence-electron chi connectivity index (χ3n) is 4.65. The number of hydrogen-bond donors (Lipinski definition) is 0. The van der Waals surface area contributed by atoms with Crippen molar-refractivity contribution in [3.05, 3.63) is 102 Å². The van der Waals surface area contributed by atoms with Crippen LogP contribution >= 0.6 is 11.8 Å². The molecule has 0 spiro atoms. The molecule has 4 aromatic rings. The van der Waals surface area contributed by atoms with Gasteiger partial charge in [-0.3, -0.25) is 14.1 Å². The zero-order valence-corrected chi connectivity index (χ0v) is 17.0. The van der Waals surface area contributed by atoms with Gasteiger partial charge in [0, 0.05) is 24.3 Å². The van der Waals surface area contributed by atoms with Crippen LogP contribution in [0.1, 0.15) is 11.3 Å². The fourth-order valence-electron chi connectivity index (χ4n) is 3.21. The van der Waals surface area contributed by atoms with Crippen molar-refractivity contribution in [1.29, 1.82) is 0 Å². The molecule has 6 nitrogen and oxygen atoms in total. The van der Waals surface area contributed by atoms with Crippen molar-refractivity contribution in [2.75, 3.05) is 4.90 Å². The number of halogens is 1. The van der Waals surface area contributed by atoms with Gasteiger partial charge in [0.15, 0.2) is 5.17 Å². The summed E-state index contributed by atoms with van der Waals surface area (Å²) >= 11 is 1.39. The van der Waals surface area contributed by atoms with Gasteiger partial charge in [-0.25, -0.2) is 19.4 Å². The van der Waals surface area contributed by atoms with Gasteiger partial charge >= 0.3 is 0 Å². The highest BCUT2D eigenvalue weighted by Crippen LogP contribution is 2.30. The lowest BCUT2D eigenvalue weighted by molar-refractivity contribution is -0.113. The van der Waals surface area contributed by atoms with Crippen LogP contribution in [0.25, 0.3) is 11.9 Å². The molecule has 0 aliphatic carbocycles. The summed E-state index contributed by atoms with van der Waals surface area (Å²) in [6, 6.07) is 17.2. The first-order chi connectivity index (χ1) is 15.2. The number of carbonyl (C=O) groups is 1. The Morgan fingerprint density at radius 1 is 1.03 bits per heavy atom. The first kappa shape index (κ1) is 19.2. The zero-order chi connectivity index (χ0) is 21.2. The molecule has 0 unspecified atom stereocenters. The molecular formula is C23H16FN5OS. The summed E-state index contributed by atoms with van der Waals surface area (Å²) in [7, 11) is 0. The Balaban J connectivity index is 1.46. The minimum Gasteiger partial charge on any atom is -0.291 e. The maximum Gasteiger partial charge on any atom is 0.283 e. The van der Waals surface area contributed by atoms with Crippen LogP contribution in [0.5, 0.6) is 0 Å². The van der Waals surface area contributed by atoms with E-state index in [1.54, 1.807) is 24.4 Å². The molecule has 2 aromatic carbocycles. The van der Waals surface area contributed by atoms with Gasteiger partial charge < -0.3 is 0 Å². The molecule has 152 valence electrons. The summed E-state index contributed by atoms with van der Waals surface area (Å²) in [6.07, 6.45) is 7.22. The van der Waals surface area contributed by atoms with Crippen LogP contribution in [0.4, 0.5) is 10.1 Å². The third-order valence-corrected chi connectivity index (χ3v) is 5.62. The van der Waals surface area contributed by atoms with E-state index >= 15 is 0 Å². The van der Waals surface area contributed by atoms with Crippen molar-refractivity contribution < 1.29 is 9.18 Å². The van der Waals surface area contributed by atoms with Crippen molar-refractivity contribution in [2.45, 2.75) is 5.75 Å². The summed E-state index contributed by atoms with van der Waals surface area (Å²) in [5.74, 6) is 0.502. The van der Waals surface area contributed by atoms with Gasteiger partial charge in [-0.2, -0.15) is 0 Å². The summed E-state index contributed by atoms with van der Waals surface area (Å²) in [6.45, 7) is 0. The minimum atomic E-state index is -0.362. The second kappa shape index (κ2) is 8.16. The molecule has 2 aromatic heterocycles. The highest BCUT2D eigenvalue weighted by atomic mass is 32.2. The number of amides is 1. The van der Waals surface area contributed by atoms with Crippen molar-refractivity contribution in [1.82, 2.24) is 14.4 Å². The quantitative estimate of drug-likeness (QED) is 0.447. The number of carbonyl (C=O) groups excluding carboxylic acids is 1. The number of fused-ring (bicyclic) bond motifs is 1. The second-order valence-electron chi connectivity index (χ2n) is 6.80. The molecule has 5 rings (SSSR count). The number of rotatable bonds is 4. The third kappa shape index (κ3) is 3.97. The van der Waals surface area contributed by atoms with Crippen LogP contribution in [0.2, 0.25) is 0 Å². The van der Waals surface area contributed by atoms with E-state index in [0.29, 0.717) is 28.1 Å². The standard InChI is InChI=1S/C23H16FN5OS/c24-17-7-9-19(10-8-17)29-21(30)20(13-16-5-2-1-3-6-16)27-23(29)31-15-18-14-28-12-4-11-25-22(28)26-18/h1-14H,15H2/b20-13+. The highest BCUT2D eigenvalue weighted by Gasteiger charge is 2.32. The van der Waals surface area contributed by atoms with Crippen molar-refractivity contribution in [3.63, 3.8) is 0 Å². The van der Waals surface area contributed by atoms with Crippen molar-refractivity contribution in [3.8, 4) is 0 Å². The maximum atomic E-state index is 13.4. The predicted molar refractivity (Wildman–Crippen MR) is 120 cm³/mol. The number of aliphatic imine (C=N–C) groups is 1. The molecule has 0 atom stereocenters. The molecule has 1 amide bonds. The van der Waals surface area contributed by atoms with Crippen LogP contribution in [0.15, 0.2) is 89.9 Å². The molecule has 0 fully saturated rings. The van der Waals surface area contributed by atoms with Gasteiger partial charge in [0.1, 0.15) is 11.5 Å². The molecule has 0 saturated carbocycles. The van der Waals surface area contributed by atoms with E-state index in [9.17, 15) is 9.18 Å². The smallest absolute Gasteiger partial charge is 0.283 e. The van der Waals surface area contributed by atoms with Gasteiger partial charge in [0.2, 0.25) is 5.78 Å². The van der Waals surface area contributed by atoms with E-state index in [2.05, 4.69) is 15.0 Å². The lowest BCUT2D eigenvalue weighted by Crippen LogP contribution is -2.30. The summed E-state index contributed by atoms with van der Waals surface area (Å²) < 4.78 is 15.3. The van der Waals surface area contributed by atoms with E-state index in [0.717, 1.165) is 11.3 Å². The first-order valence-electron chi connectivity index (χ1n) is 9.54. The molecule has 31 heavy (non-hydrogen) atoms. The van der Waals surface area contributed by atoms with Crippen LogP contribution in [0, 0.1) is 5.82 Å². The topological polar surface area (TPSA) is 62.9 Å². The Morgan fingerprint density at radius 3 is 2.61 bits per heavy atom. The van der Waals surface area contributed by atoms with E-state index in [1.807, 2.05) is 53.2 Å². The summed E-state index contributed by atoms with van der Waals surface area (Å²) in [5, 5.41) is 0.517. The van der Waals surface area contributed by atoms with Crippen molar-refractivity contribution >= 4 is 40.4 Å². The van der Waals surface area contributed by atoms with Crippen LogP contribution < -0.4 is 4.90 Å². The molecule has 8 heteroatoms. The lowest BCUT2D eigenvalue weighted by Gasteiger charge is -2.17. The van der Waals surface area contributed by atoms with Crippen LogP contribution in [-0.4, -0.2) is 25.4 Å². The van der Waals surface area contributed by atoms with Gasteiger partial charge in [-0.1, -0.05) is 42.1 Å². The molecule has 0 N–H and O–H groups in total. The van der Waals surface area contributed by atoms with Gasteiger partial charge in [-0.15, -0.1) is 0 Å². The molecule has 1 aliphatic heterocycles. The molecule has 0 radical (unpaired) electrons. The van der Waals surface area contributed by atoms with Crippen LogP contribution in [-0.2, 0) is 10.5 Å². The average Bonchev–Trinajstić information content (AvgIpc) is 3.34. The second-order valence-corrected chi connectivity index (χ2v) is 7.74. The Kier molecular flexibility index (Phi) is 5.05. The Bertz CT molecular complexity index is 1280. The van der Waals surface area contributed by atoms with Gasteiger partial charge in [0.25, 0.3) is 5.91 Å². The minimum absolute atomic E-state index is 0.255. The molecule has 1 aliphatic rings. The zero-order valence-electron chi connectivity index (χ0n) is 16.2. The van der Waals surface area contributed by atoms with E-state index < -0.39 is 0 Å². The molecule has 3 heterocycles. The first-order valence-corrected chi connectivity index (χ1v) is 10.5. The summed E-state index contributed by atoms with van der Waals surface area (Å²) in [5.41, 5.74) is 2.59. The number of thioether (sulfide) groups is 1. The molecular weight excluding hydrogens is 413 g/mol.